The summed E-state index contributed by atoms with van der Waals surface area (Å²) in [5.74, 6) is -0.344. The maximum Gasteiger partial charge on any atom is 0.128 e. The van der Waals surface area contributed by atoms with Crippen molar-refractivity contribution >= 4 is 15.9 Å². The molecule has 0 aliphatic rings. The molecule has 0 N–H and O–H groups in total. The second-order valence-corrected chi connectivity index (χ2v) is 5.65. The Hall–Kier alpha value is -1.66. The Morgan fingerprint density at radius 3 is 2.53 bits per heavy atom. The molecule has 0 fully saturated rings. The van der Waals surface area contributed by atoms with Gasteiger partial charge in [-0.1, -0.05) is 46.3 Å². The van der Waals surface area contributed by atoms with Gasteiger partial charge in [0.2, 0.25) is 0 Å². The number of nitriles is 1. The Morgan fingerprint density at radius 1 is 1.21 bits per heavy atom. The molecule has 2 aromatic carbocycles. The van der Waals surface area contributed by atoms with E-state index >= 15 is 0 Å². The first-order valence-electron chi connectivity index (χ1n) is 5.96. The van der Waals surface area contributed by atoms with Gasteiger partial charge in [0, 0.05) is 10.0 Å². The van der Waals surface area contributed by atoms with Crippen LogP contribution in [-0.4, -0.2) is 0 Å². The Kier molecular flexibility index (Phi) is 4.01. The normalized spacial score (nSPS) is 13.6. The minimum absolute atomic E-state index is 0.344. The maximum absolute atomic E-state index is 14.0. The highest BCUT2D eigenvalue weighted by molar-refractivity contribution is 9.10. The summed E-state index contributed by atoms with van der Waals surface area (Å²) in [6, 6.07) is 16.6. The lowest BCUT2D eigenvalue weighted by Gasteiger charge is -2.23. The van der Waals surface area contributed by atoms with Crippen molar-refractivity contribution in [2.45, 2.75) is 18.8 Å². The first kappa shape index (κ1) is 13.8. The molecule has 3 heteroatoms. The molecule has 0 aromatic heterocycles. The second kappa shape index (κ2) is 5.54. The monoisotopic (exact) mass is 317 g/mol. The fourth-order valence-electron chi connectivity index (χ4n) is 2.12. The molecule has 0 heterocycles. The fraction of sp³-hybridized carbons (Fsp3) is 0.188. The molecule has 1 atom stereocenters. The van der Waals surface area contributed by atoms with Crippen molar-refractivity contribution < 1.29 is 4.39 Å². The van der Waals surface area contributed by atoms with Gasteiger partial charge < -0.3 is 0 Å². The topological polar surface area (TPSA) is 23.8 Å². The first-order valence-corrected chi connectivity index (χ1v) is 6.75. The Labute approximate surface area is 120 Å². The third kappa shape index (κ3) is 3.02. The zero-order valence-electron chi connectivity index (χ0n) is 10.5. The van der Waals surface area contributed by atoms with Gasteiger partial charge in [0.1, 0.15) is 5.82 Å². The lowest BCUT2D eigenvalue weighted by Crippen LogP contribution is -2.24. The van der Waals surface area contributed by atoms with E-state index < -0.39 is 5.41 Å². The van der Waals surface area contributed by atoms with E-state index in [1.807, 2.05) is 30.3 Å². The van der Waals surface area contributed by atoms with Gasteiger partial charge in [-0.3, -0.25) is 0 Å². The predicted molar refractivity (Wildman–Crippen MR) is 77.2 cm³/mol. The van der Waals surface area contributed by atoms with Gasteiger partial charge in [-0.2, -0.15) is 5.26 Å². The van der Waals surface area contributed by atoms with Crippen LogP contribution in [0.4, 0.5) is 4.39 Å². The molecule has 0 saturated carbocycles. The highest BCUT2D eigenvalue weighted by Gasteiger charge is 2.30. The van der Waals surface area contributed by atoms with Crippen molar-refractivity contribution in [2.75, 3.05) is 0 Å². The van der Waals surface area contributed by atoms with Crippen LogP contribution in [0.2, 0.25) is 0 Å². The van der Waals surface area contributed by atoms with Crippen LogP contribution in [0.5, 0.6) is 0 Å². The molecule has 0 radical (unpaired) electrons. The highest BCUT2D eigenvalue weighted by Crippen LogP contribution is 2.31. The van der Waals surface area contributed by atoms with E-state index in [-0.39, 0.29) is 5.82 Å². The van der Waals surface area contributed by atoms with E-state index in [4.69, 9.17) is 0 Å². The van der Waals surface area contributed by atoms with Crippen molar-refractivity contribution in [3.8, 4) is 6.07 Å². The molecule has 0 amide bonds. The van der Waals surface area contributed by atoms with E-state index in [9.17, 15) is 9.65 Å². The molecule has 96 valence electrons. The molecule has 0 aliphatic heterocycles. The van der Waals surface area contributed by atoms with Crippen LogP contribution in [0.25, 0.3) is 0 Å². The molecular weight excluding hydrogens is 305 g/mol. The number of hydrogen-bond donors (Lipinski definition) is 0. The molecule has 19 heavy (non-hydrogen) atoms. The third-order valence-electron chi connectivity index (χ3n) is 3.17. The summed E-state index contributed by atoms with van der Waals surface area (Å²) in [6.07, 6.45) is 0.484. The Balaban J connectivity index is 2.43. The standard InChI is InChI=1S/C16H13BrFN/c1-16(11-19,10-12-5-3-2-4-6-12)14-9-13(17)7-8-15(14)18/h2-9H,10H2,1H3. The average molecular weight is 318 g/mol. The van der Waals surface area contributed by atoms with E-state index in [1.165, 1.54) is 6.07 Å². The summed E-state index contributed by atoms with van der Waals surface area (Å²) < 4.78 is 14.8. The quantitative estimate of drug-likeness (QED) is 0.810. The number of hydrogen-bond acceptors (Lipinski definition) is 1. The molecule has 0 aliphatic carbocycles. The summed E-state index contributed by atoms with van der Waals surface area (Å²) in [5, 5.41) is 9.48. The summed E-state index contributed by atoms with van der Waals surface area (Å²) in [5.41, 5.74) is 0.564. The van der Waals surface area contributed by atoms with Crippen molar-refractivity contribution in [3.05, 3.63) is 69.9 Å². The zero-order chi connectivity index (χ0) is 13.9. The fourth-order valence-corrected chi connectivity index (χ4v) is 2.48. The molecule has 1 nitrogen and oxygen atoms in total. The van der Waals surface area contributed by atoms with E-state index in [2.05, 4.69) is 22.0 Å². The van der Waals surface area contributed by atoms with Crippen LogP contribution in [0.3, 0.4) is 0 Å². The zero-order valence-corrected chi connectivity index (χ0v) is 12.1. The lowest BCUT2D eigenvalue weighted by molar-refractivity contribution is 0.534. The molecular formula is C16H13BrFN. The highest BCUT2D eigenvalue weighted by atomic mass is 79.9. The SMILES string of the molecule is CC(C#N)(Cc1ccccc1)c1cc(Br)ccc1F. The van der Waals surface area contributed by atoms with Gasteiger partial charge in [-0.25, -0.2) is 4.39 Å². The van der Waals surface area contributed by atoms with Crippen molar-refractivity contribution in [1.82, 2.24) is 0 Å². The molecule has 2 aromatic rings. The van der Waals surface area contributed by atoms with Crippen LogP contribution < -0.4 is 0 Å². The maximum atomic E-state index is 14.0. The molecule has 1 unspecified atom stereocenters. The smallest absolute Gasteiger partial charge is 0.128 e. The van der Waals surface area contributed by atoms with Crippen molar-refractivity contribution in [1.29, 1.82) is 5.26 Å². The minimum atomic E-state index is -0.880. The molecule has 0 saturated heterocycles. The van der Waals surface area contributed by atoms with Gasteiger partial charge in [-0.15, -0.1) is 0 Å². The van der Waals surface area contributed by atoms with E-state index in [0.29, 0.717) is 12.0 Å². The van der Waals surface area contributed by atoms with Crippen LogP contribution in [0, 0.1) is 17.1 Å². The Bertz CT molecular complexity index is 618. The number of halogens is 2. The van der Waals surface area contributed by atoms with Crippen LogP contribution >= 0.6 is 15.9 Å². The van der Waals surface area contributed by atoms with Crippen molar-refractivity contribution in [3.63, 3.8) is 0 Å². The second-order valence-electron chi connectivity index (χ2n) is 4.73. The molecule has 0 spiro atoms. The lowest BCUT2D eigenvalue weighted by atomic mass is 9.78. The van der Waals surface area contributed by atoms with Crippen LogP contribution in [0.1, 0.15) is 18.1 Å². The minimum Gasteiger partial charge on any atom is -0.207 e. The molecule has 0 bridgehead atoms. The number of rotatable bonds is 3. The summed E-state index contributed by atoms with van der Waals surface area (Å²) in [4.78, 5) is 0. The van der Waals surface area contributed by atoms with E-state index in [0.717, 1.165) is 10.0 Å². The number of nitrogens with zero attached hydrogens (tertiary/aromatic N) is 1. The third-order valence-corrected chi connectivity index (χ3v) is 3.66. The van der Waals surface area contributed by atoms with Gasteiger partial charge in [0.15, 0.2) is 0 Å². The van der Waals surface area contributed by atoms with Gasteiger partial charge >= 0.3 is 0 Å². The van der Waals surface area contributed by atoms with Crippen molar-refractivity contribution in [2.24, 2.45) is 0 Å². The Morgan fingerprint density at radius 2 is 1.89 bits per heavy atom. The summed E-state index contributed by atoms with van der Waals surface area (Å²) in [6.45, 7) is 1.77. The van der Waals surface area contributed by atoms with Gasteiger partial charge in [0.25, 0.3) is 0 Å². The largest absolute Gasteiger partial charge is 0.207 e. The van der Waals surface area contributed by atoms with Crippen LogP contribution in [-0.2, 0) is 11.8 Å². The summed E-state index contributed by atoms with van der Waals surface area (Å²) >= 11 is 3.33. The average Bonchev–Trinajstić information content (AvgIpc) is 2.42. The molecule has 2 rings (SSSR count). The summed E-state index contributed by atoms with van der Waals surface area (Å²) in [7, 11) is 0. The first-order chi connectivity index (χ1) is 9.05. The van der Waals surface area contributed by atoms with Gasteiger partial charge in [0.05, 0.1) is 11.5 Å². The van der Waals surface area contributed by atoms with Crippen LogP contribution in [0.15, 0.2) is 53.0 Å². The van der Waals surface area contributed by atoms with Gasteiger partial charge in [-0.05, 0) is 37.1 Å². The number of benzene rings is 2. The van der Waals surface area contributed by atoms with E-state index in [1.54, 1.807) is 19.1 Å². The predicted octanol–water partition coefficient (Wildman–Crippen LogP) is 4.61.